The molecule has 2 N–H and O–H groups in total. The van der Waals surface area contributed by atoms with E-state index in [0.717, 1.165) is 5.56 Å². The Labute approximate surface area is 186 Å². The van der Waals surface area contributed by atoms with Crippen LogP contribution in [0.25, 0.3) is 17.0 Å². The van der Waals surface area contributed by atoms with E-state index in [0.29, 0.717) is 57.3 Å². The number of hydrogen-bond acceptors (Lipinski definition) is 8. The molecule has 1 aromatic heterocycles. The van der Waals surface area contributed by atoms with E-state index in [1.54, 1.807) is 33.5 Å². The average molecular weight is 435 g/mol. The van der Waals surface area contributed by atoms with Gasteiger partial charge in [0.25, 0.3) is 0 Å². The third kappa shape index (κ3) is 4.53. The van der Waals surface area contributed by atoms with Crippen molar-refractivity contribution in [3.63, 3.8) is 0 Å². The van der Waals surface area contributed by atoms with E-state index in [4.69, 9.17) is 24.1 Å². The van der Waals surface area contributed by atoms with E-state index in [9.17, 15) is 5.26 Å². The third-order valence-corrected chi connectivity index (χ3v) is 4.87. The van der Waals surface area contributed by atoms with Crippen molar-refractivity contribution in [2.24, 2.45) is 0 Å². The summed E-state index contributed by atoms with van der Waals surface area (Å²) >= 11 is 0. The van der Waals surface area contributed by atoms with Crippen molar-refractivity contribution >= 4 is 28.4 Å². The van der Waals surface area contributed by atoms with Gasteiger partial charge in [-0.3, -0.25) is 4.98 Å². The Balaban J connectivity index is 2.16. The molecule has 0 saturated carbocycles. The van der Waals surface area contributed by atoms with E-state index in [2.05, 4.69) is 16.4 Å². The molecule has 0 atom stereocenters. The lowest BCUT2D eigenvalue weighted by Crippen LogP contribution is -2.00. The average Bonchev–Trinajstić information content (AvgIpc) is 2.83. The summed E-state index contributed by atoms with van der Waals surface area (Å²) in [6, 6.07) is 9.42. The maximum absolute atomic E-state index is 9.70. The van der Waals surface area contributed by atoms with Gasteiger partial charge in [0.15, 0.2) is 11.5 Å². The highest BCUT2D eigenvalue weighted by Crippen LogP contribution is 2.42. The monoisotopic (exact) mass is 435 g/mol. The van der Waals surface area contributed by atoms with E-state index in [1.165, 1.54) is 13.3 Å². The number of rotatable bonds is 9. The number of benzene rings is 2. The van der Waals surface area contributed by atoms with Crippen LogP contribution in [0.3, 0.4) is 0 Å². The van der Waals surface area contributed by atoms with Gasteiger partial charge in [-0.2, -0.15) is 5.26 Å². The van der Waals surface area contributed by atoms with Crippen LogP contribution in [0.5, 0.6) is 23.0 Å². The number of nitrogens with zero attached hydrogens (tertiary/aromatic N) is 2. The van der Waals surface area contributed by atoms with Crippen molar-refractivity contribution < 1.29 is 24.1 Å². The quantitative estimate of drug-likeness (QED) is 0.513. The van der Waals surface area contributed by atoms with E-state index < -0.39 is 0 Å². The molecule has 0 aliphatic rings. The van der Waals surface area contributed by atoms with Gasteiger partial charge in [0.2, 0.25) is 5.75 Å². The largest absolute Gasteiger partial charge is 0.496 e. The summed E-state index contributed by atoms with van der Waals surface area (Å²) in [4.78, 5) is 4.44. The summed E-state index contributed by atoms with van der Waals surface area (Å²) in [6.45, 7) is 0.0685. The van der Waals surface area contributed by atoms with Gasteiger partial charge in [-0.1, -0.05) is 12.2 Å². The van der Waals surface area contributed by atoms with Gasteiger partial charge in [-0.25, -0.2) is 0 Å². The summed E-state index contributed by atoms with van der Waals surface area (Å²) < 4.78 is 21.8. The molecule has 0 amide bonds. The molecular formula is C24H25N3O5. The first kappa shape index (κ1) is 22.7. The number of nitriles is 1. The van der Waals surface area contributed by atoms with Crippen molar-refractivity contribution in [1.82, 2.24) is 4.98 Å². The van der Waals surface area contributed by atoms with Crippen LogP contribution < -0.4 is 24.3 Å². The molecule has 3 rings (SSSR count). The molecule has 0 fully saturated rings. The zero-order valence-corrected chi connectivity index (χ0v) is 18.4. The highest BCUT2D eigenvalue weighted by atomic mass is 16.5. The molecule has 8 nitrogen and oxygen atoms in total. The number of aliphatic hydroxyl groups excluding tert-OH is 1. The third-order valence-electron chi connectivity index (χ3n) is 4.87. The van der Waals surface area contributed by atoms with Crippen molar-refractivity contribution in [3.8, 4) is 29.1 Å². The molecule has 32 heavy (non-hydrogen) atoms. The number of anilines is 2. The summed E-state index contributed by atoms with van der Waals surface area (Å²) in [5.74, 6) is 2.07. The fourth-order valence-corrected chi connectivity index (χ4v) is 3.34. The van der Waals surface area contributed by atoms with Crippen LogP contribution in [0.4, 0.5) is 11.4 Å². The molecule has 0 saturated heterocycles. The molecule has 166 valence electrons. The number of methoxy groups -OCH3 is 4. The Morgan fingerprint density at radius 2 is 1.69 bits per heavy atom. The van der Waals surface area contributed by atoms with Gasteiger partial charge in [-0.05, 0) is 18.6 Å². The Kier molecular flexibility index (Phi) is 7.37. The Morgan fingerprint density at radius 3 is 2.25 bits per heavy atom. The van der Waals surface area contributed by atoms with Gasteiger partial charge in [-0.15, -0.1) is 0 Å². The molecule has 0 spiro atoms. The summed E-state index contributed by atoms with van der Waals surface area (Å²) in [5.41, 5.74) is 3.11. The Hall–Kier alpha value is -3.96. The predicted octanol–water partition coefficient (Wildman–Crippen LogP) is 4.28. The lowest BCUT2D eigenvalue weighted by molar-refractivity contribution is 0.303. The maximum Gasteiger partial charge on any atom is 0.203 e. The molecular weight excluding hydrogens is 410 g/mol. The molecule has 1 heterocycles. The number of nitrogens with one attached hydrogen (secondary N) is 1. The smallest absolute Gasteiger partial charge is 0.203 e. The van der Waals surface area contributed by atoms with E-state index in [1.807, 2.05) is 24.3 Å². The molecule has 8 heteroatoms. The zero-order chi connectivity index (χ0) is 23.1. The van der Waals surface area contributed by atoms with Crippen LogP contribution >= 0.6 is 0 Å². The van der Waals surface area contributed by atoms with Crippen molar-refractivity contribution in [2.45, 2.75) is 6.42 Å². The highest BCUT2D eigenvalue weighted by molar-refractivity contribution is 5.98. The first-order valence-electron chi connectivity index (χ1n) is 9.85. The molecule has 0 bridgehead atoms. The van der Waals surface area contributed by atoms with Crippen LogP contribution in [0, 0.1) is 11.3 Å². The highest BCUT2D eigenvalue weighted by Gasteiger charge is 2.17. The fourth-order valence-electron chi connectivity index (χ4n) is 3.34. The lowest BCUT2D eigenvalue weighted by Gasteiger charge is -2.17. The second-order valence-corrected chi connectivity index (χ2v) is 6.72. The number of fused-ring (bicyclic) bond motifs is 1. The molecule has 0 aliphatic carbocycles. The van der Waals surface area contributed by atoms with Crippen molar-refractivity contribution in [1.29, 1.82) is 5.26 Å². The Bertz CT molecular complexity index is 1160. The first-order chi connectivity index (χ1) is 15.6. The molecule has 0 unspecified atom stereocenters. The minimum atomic E-state index is 0.0685. The second kappa shape index (κ2) is 10.4. The molecule has 0 radical (unpaired) electrons. The lowest BCUT2D eigenvalue weighted by atomic mass is 10.0. The first-order valence-corrected chi connectivity index (χ1v) is 9.85. The topological polar surface area (TPSA) is 106 Å². The van der Waals surface area contributed by atoms with Crippen LogP contribution in [0.15, 0.2) is 36.5 Å². The Morgan fingerprint density at radius 1 is 1.00 bits per heavy atom. The summed E-state index contributed by atoms with van der Waals surface area (Å²) in [7, 11) is 6.20. The number of pyridine rings is 1. The van der Waals surface area contributed by atoms with Gasteiger partial charge in [0.05, 0.1) is 45.2 Å². The predicted molar refractivity (Wildman–Crippen MR) is 123 cm³/mol. The summed E-state index contributed by atoms with van der Waals surface area (Å²) in [6.07, 6.45) is 5.80. The second-order valence-electron chi connectivity index (χ2n) is 6.72. The fraction of sp³-hybridized carbons (Fsp3) is 0.250. The molecule has 2 aromatic carbocycles. The van der Waals surface area contributed by atoms with Gasteiger partial charge >= 0.3 is 0 Å². The number of ether oxygens (including phenoxy) is 4. The molecule has 3 aromatic rings. The maximum atomic E-state index is 9.70. The normalized spacial score (nSPS) is 10.8. The van der Waals surface area contributed by atoms with E-state index in [-0.39, 0.29) is 6.61 Å². The van der Waals surface area contributed by atoms with Crippen molar-refractivity contribution in [2.75, 3.05) is 40.4 Å². The summed E-state index contributed by atoms with van der Waals surface area (Å²) in [5, 5.41) is 22.7. The minimum Gasteiger partial charge on any atom is -0.496 e. The standard InChI is InChI=1S/C24H25N3O5/c1-29-20-12-18-19(9-15(20)7-5-6-8-28)26-14-16(13-25)23(18)27-17-10-21(30-2)24(32-4)22(11-17)31-3/h5,7,9-12,14,28H,6,8H2,1-4H3,(H,26,27)/b7-5+. The SMILES string of the molecule is COc1cc2c(Nc3cc(OC)c(OC)c(OC)c3)c(C#N)cnc2cc1/C=C/CCO. The van der Waals surface area contributed by atoms with Gasteiger partial charge in [0.1, 0.15) is 11.8 Å². The zero-order valence-electron chi connectivity index (χ0n) is 18.4. The van der Waals surface area contributed by atoms with Crippen molar-refractivity contribution in [3.05, 3.63) is 47.7 Å². The minimum absolute atomic E-state index is 0.0685. The number of aliphatic hydroxyl groups is 1. The van der Waals surface area contributed by atoms with Gasteiger partial charge in [0, 0.05) is 41.6 Å². The van der Waals surface area contributed by atoms with Crippen LogP contribution in [0.1, 0.15) is 17.5 Å². The van der Waals surface area contributed by atoms with Gasteiger partial charge < -0.3 is 29.4 Å². The number of aromatic nitrogens is 1. The van der Waals surface area contributed by atoms with Crippen LogP contribution in [-0.4, -0.2) is 45.1 Å². The van der Waals surface area contributed by atoms with Crippen LogP contribution in [0.2, 0.25) is 0 Å². The molecule has 0 aliphatic heterocycles. The van der Waals surface area contributed by atoms with E-state index >= 15 is 0 Å². The number of hydrogen-bond donors (Lipinski definition) is 2. The van der Waals surface area contributed by atoms with Crippen LogP contribution in [-0.2, 0) is 0 Å².